The number of sulfonamides is 1. The quantitative estimate of drug-likeness (QED) is 0.738. The van der Waals surface area contributed by atoms with Crippen LogP contribution in [0.3, 0.4) is 0 Å². The summed E-state index contributed by atoms with van der Waals surface area (Å²) in [5.74, 6) is 0.560. The van der Waals surface area contributed by atoms with E-state index in [0.29, 0.717) is 19.0 Å². The molecule has 0 saturated carbocycles. The Morgan fingerprint density at radius 2 is 1.81 bits per heavy atom. The maximum absolute atomic E-state index is 12.7. The Bertz CT molecular complexity index is 617. The Labute approximate surface area is 140 Å². The van der Waals surface area contributed by atoms with Gasteiger partial charge < -0.3 is 0 Å². The Hall–Kier alpha value is -0.100. The van der Waals surface area contributed by atoms with Crippen LogP contribution in [-0.4, -0.2) is 25.8 Å². The van der Waals surface area contributed by atoms with Crippen molar-refractivity contribution in [3.63, 3.8) is 0 Å². The van der Waals surface area contributed by atoms with Gasteiger partial charge in [0.2, 0.25) is 10.0 Å². The molecule has 0 spiro atoms. The molecule has 0 aliphatic carbocycles. The lowest BCUT2D eigenvalue weighted by atomic mass is 9.76. The average molecular weight is 395 g/mol. The molecule has 21 heavy (non-hydrogen) atoms. The van der Waals surface area contributed by atoms with Crippen LogP contribution < -0.4 is 0 Å². The normalized spacial score (nSPS) is 18.9. The highest BCUT2D eigenvalue weighted by Crippen LogP contribution is 2.36. The third-order valence-electron chi connectivity index (χ3n) is 4.19. The number of benzene rings is 1. The number of halogens is 2. The second-order valence-corrected chi connectivity index (χ2v) is 9.85. The third-order valence-corrected chi connectivity index (χ3v) is 7.07. The number of hydrogen-bond donors (Lipinski definition) is 0. The molecule has 0 aromatic heterocycles. The average Bonchev–Trinajstić information content (AvgIpc) is 2.37. The molecular weight excluding hydrogens is 374 g/mol. The second-order valence-electron chi connectivity index (χ2n) is 6.62. The van der Waals surface area contributed by atoms with E-state index in [0.717, 1.165) is 17.3 Å². The van der Waals surface area contributed by atoms with Crippen LogP contribution >= 0.6 is 27.5 Å². The summed E-state index contributed by atoms with van der Waals surface area (Å²) in [6.07, 6.45) is 1.80. The first-order valence-electron chi connectivity index (χ1n) is 7.07. The Morgan fingerprint density at radius 1 is 1.24 bits per heavy atom. The fourth-order valence-electron chi connectivity index (χ4n) is 2.79. The smallest absolute Gasteiger partial charge is 0.207 e. The van der Waals surface area contributed by atoms with Gasteiger partial charge in [0.05, 0.1) is 5.02 Å². The van der Waals surface area contributed by atoms with E-state index in [4.69, 9.17) is 11.6 Å². The van der Waals surface area contributed by atoms with Crippen molar-refractivity contribution >= 4 is 37.6 Å². The van der Waals surface area contributed by atoms with Crippen molar-refractivity contribution < 1.29 is 8.42 Å². The van der Waals surface area contributed by atoms with Gasteiger partial charge in [-0.1, -0.05) is 48.3 Å². The van der Waals surface area contributed by atoms with Crippen molar-refractivity contribution in [3.8, 4) is 0 Å². The van der Waals surface area contributed by atoms with E-state index in [1.54, 1.807) is 22.5 Å². The molecule has 0 radical (unpaired) electrons. The van der Waals surface area contributed by atoms with Crippen LogP contribution in [0, 0.1) is 11.3 Å². The Kier molecular flexibility index (Phi) is 5.08. The van der Waals surface area contributed by atoms with Crippen LogP contribution in [0.1, 0.15) is 33.6 Å². The first-order chi connectivity index (χ1) is 9.62. The molecule has 0 amide bonds. The van der Waals surface area contributed by atoms with Gasteiger partial charge in [-0.05, 0) is 42.4 Å². The first kappa shape index (κ1) is 17.3. The van der Waals surface area contributed by atoms with Crippen LogP contribution in [0.4, 0.5) is 0 Å². The molecule has 3 nitrogen and oxygen atoms in total. The topological polar surface area (TPSA) is 37.4 Å². The van der Waals surface area contributed by atoms with Crippen molar-refractivity contribution in [3.05, 3.63) is 27.7 Å². The van der Waals surface area contributed by atoms with Gasteiger partial charge in [-0.3, -0.25) is 0 Å². The standard InChI is InChI=1S/C15H21BrClNO2S/c1-15(2,3)11-6-8-18(9-7-11)21(19,20)14-5-4-12(16)10-13(14)17/h4-5,10-11H,6-9H2,1-3H3. The number of nitrogens with zero attached hydrogens (tertiary/aromatic N) is 1. The maximum atomic E-state index is 12.7. The highest BCUT2D eigenvalue weighted by atomic mass is 79.9. The Morgan fingerprint density at radius 3 is 2.29 bits per heavy atom. The molecule has 118 valence electrons. The molecule has 0 N–H and O–H groups in total. The van der Waals surface area contributed by atoms with Gasteiger partial charge in [-0.15, -0.1) is 0 Å². The lowest BCUT2D eigenvalue weighted by Crippen LogP contribution is -2.41. The highest BCUT2D eigenvalue weighted by molar-refractivity contribution is 9.10. The van der Waals surface area contributed by atoms with E-state index >= 15 is 0 Å². The predicted molar refractivity (Wildman–Crippen MR) is 90.1 cm³/mol. The van der Waals surface area contributed by atoms with Crippen LogP contribution in [-0.2, 0) is 10.0 Å². The minimum atomic E-state index is -3.50. The van der Waals surface area contributed by atoms with Crippen LogP contribution in [0.15, 0.2) is 27.6 Å². The Balaban J connectivity index is 2.19. The molecule has 6 heteroatoms. The molecule has 1 aromatic carbocycles. The fraction of sp³-hybridized carbons (Fsp3) is 0.600. The predicted octanol–water partition coefficient (Wildman–Crippen LogP) is 4.55. The van der Waals surface area contributed by atoms with E-state index < -0.39 is 10.0 Å². The van der Waals surface area contributed by atoms with Crippen molar-refractivity contribution in [2.45, 2.75) is 38.5 Å². The molecule has 1 aromatic rings. The molecule has 1 fully saturated rings. The summed E-state index contributed by atoms with van der Waals surface area (Å²) in [6, 6.07) is 4.90. The number of piperidine rings is 1. The van der Waals surface area contributed by atoms with Gasteiger partial charge in [-0.25, -0.2) is 8.42 Å². The zero-order chi connectivity index (χ0) is 15.8. The van der Waals surface area contributed by atoms with Gasteiger partial charge in [0, 0.05) is 17.6 Å². The fourth-order valence-corrected chi connectivity index (χ4v) is 5.27. The molecule has 2 rings (SSSR count). The van der Waals surface area contributed by atoms with Gasteiger partial charge in [0.15, 0.2) is 0 Å². The summed E-state index contributed by atoms with van der Waals surface area (Å²) in [4.78, 5) is 0.196. The number of hydrogen-bond acceptors (Lipinski definition) is 2. The van der Waals surface area contributed by atoms with Gasteiger partial charge >= 0.3 is 0 Å². The largest absolute Gasteiger partial charge is 0.244 e. The first-order valence-corrected chi connectivity index (χ1v) is 9.68. The molecule has 1 aliphatic rings. The van der Waals surface area contributed by atoms with Crippen LogP contribution in [0.2, 0.25) is 5.02 Å². The molecule has 1 saturated heterocycles. The molecule has 1 heterocycles. The van der Waals surface area contributed by atoms with E-state index in [1.165, 1.54) is 0 Å². The van der Waals surface area contributed by atoms with E-state index in [1.807, 2.05) is 0 Å². The van der Waals surface area contributed by atoms with Gasteiger partial charge in [0.1, 0.15) is 4.90 Å². The van der Waals surface area contributed by atoms with Gasteiger partial charge in [-0.2, -0.15) is 4.31 Å². The maximum Gasteiger partial charge on any atom is 0.244 e. The van der Waals surface area contributed by atoms with Crippen molar-refractivity contribution in [1.29, 1.82) is 0 Å². The van der Waals surface area contributed by atoms with Gasteiger partial charge in [0.25, 0.3) is 0 Å². The van der Waals surface area contributed by atoms with Crippen LogP contribution in [0.5, 0.6) is 0 Å². The molecular formula is C15H21BrClNO2S. The lowest BCUT2D eigenvalue weighted by molar-refractivity contribution is 0.154. The summed E-state index contributed by atoms with van der Waals surface area (Å²) < 4.78 is 27.7. The van der Waals surface area contributed by atoms with Crippen molar-refractivity contribution in [2.24, 2.45) is 11.3 Å². The lowest BCUT2D eigenvalue weighted by Gasteiger charge is -2.38. The third kappa shape index (κ3) is 3.81. The van der Waals surface area contributed by atoms with Crippen molar-refractivity contribution in [2.75, 3.05) is 13.1 Å². The molecule has 0 atom stereocenters. The molecule has 0 unspecified atom stereocenters. The van der Waals surface area contributed by atoms with E-state index in [2.05, 4.69) is 36.7 Å². The minimum absolute atomic E-state index is 0.196. The minimum Gasteiger partial charge on any atom is -0.207 e. The van der Waals surface area contributed by atoms with E-state index in [9.17, 15) is 8.42 Å². The van der Waals surface area contributed by atoms with E-state index in [-0.39, 0.29) is 15.3 Å². The zero-order valence-electron chi connectivity index (χ0n) is 12.6. The summed E-state index contributed by atoms with van der Waals surface area (Å²) >= 11 is 9.39. The number of rotatable bonds is 2. The van der Waals surface area contributed by atoms with Crippen LogP contribution in [0.25, 0.3) is 0 Å². The molecule has 1 aliphatic heterocycles. The summed E-state index contributed by atoms with van der Waals surface area (Å²) in [5, 5.41) is 0.266. The second kappa shape index (κ2) is 6.19. The summed E-state index contributed by atoms with van der Waals surface area (Å²) in [7, 11) is -3.50. The summed E-state index contributed by atoms with van der Waals surface area (Å²) in [5.41, 5.74) is 0.227. The molecule has 0 bridgehead atoms. The highest BCUT2D eigenvalue weighted by Gasteiger charge is 2.34. The monoisotopic (exact) mass is 393 g/mol. The SMILES string of the molecule is CC(C)(C)C1CCN(S(=O)(=O)c2ccc(Br)cc2Cl)CC1. The summed E-state index contributed by atoms with van der Waals surface area (Å²) in [6.45, 7) is 7.78. The van der Waals surface area contributed by atoms with Crippen molar-refractivity contribution in [1.82, 2.24) is 4.31 Å². The zero-order valence-corrected chi connectivity index (χ0v) is 15.7.